The Balaban J connectivity index is 1.59. The topological polar surface area (TPSA) is 65.2 Å². The van der Waals surface area contributed by atoms with Crippen molar-refractivity contribution in [3.05, 3.63) is 65.2 Å². The highest BCUT2D eigenvalue weighted by Gasteiger charge is 2.16. The minimum absolute atomic E-state index is 0.161. The summed E-state index contributed by atoms with van der Waals surface area (Å²) in [7, 11) is 1.74. The number of ether oxygens (including phenoxy) is 1. The lowest BCUT2D eigenvalue weighted by atomic mass is 10.3. The average molecular weight is 374 g/mol. The van der Waals surface area contributed by atoms with E-state index in [0.29, 0.717) is 23.0 Å². The molecule has 0 N–H and O–H groups in total. The van der Waals surface area contributed by atoms with E-state index in [4.69, 9.17) is 16.3 Å². The number of nitrogens with zero attached hydrogens (tertiary/aromatic N) is 5. The fourth-order valence-electron chi connectivity index (χ4n) is 2.45. The molecule has 8 heteroatoms. The molecule has 0 aliphatic heterocycles. The maximum atomic E-state index is 12.5. The monoisotopic (exact) mass is 373 g/mol. The minimum Gasteiger partial charge on any atom is -0.470 e. The molecule has 0 fully saturated rings. The maximum Gasteiger partial charge on any atom is 0.274 e. The van der Waals surface area contributed by atoms with Gasteiger partial charge in [-0.2, -0.15) is 10.2 Å². The van der Waals surface area contributed by atoms with Gasteiger partial charge in [0.1, 0.15) is 5.75 Å². The Bertz CT molecular complexity index is 889. The number of benzene rings is 1. The van der Waals surface area contributed by atoms with E-state index < -0.39 is 0 Å². The van der Waals surface area contributed by atoms with Gasteiger partial charge in [0.25, 0.3) is 5.91 Å². The molecular weight excluding hydrogens is 354 g/mol. The molecule has 136 valence electrons. The van der Waals surface area contributed by atoms with Crippen molar-refractivity contribution >= 4 is 17.5 Å². The molecule has 7 nitrogen and oxygen atoms in total. The molecule has 2 aromatic heterocycles. The van der Waals surface area contributed by atoms with Crippen LogP contribution in [0, 0.1) is 0 Å². The zero-order valence-electron chi connectivity index (χ0n) is 14.7. The molecule has 0 saturated carbocycles. The van der Waals surface area contributed by atoms with Gasteiger partial charge in [0.05, 0.1) is 11.2 Å². The van der Waals surface area contributed by atoms with Crippen LogP contribution >= 0.6 is 11.6 Å². The van der Waals surface area contributed by atoms with Crippen LogP contribution in [0.4, 0.5) is 0 Å². The summed E-state index contributed by atoms with van der Waals surface area (Å²) < 4.78 is 9.00. The zero-order valence-corrected chi connectivity index (χ0v) is 15.4. The number of para-hydroxylation sites is 1. The summed E-state index contributed by atoms with van der Waals surface area (Å²) >= 11 is 6.05. The molecule has 3 rings (SSSR count). The van der Waals surface area contributed by atoms with Gasteiger partial charge in [-0.1, -0.05) is 23.7 Å². The lowest BCUT2D eigenvalue weighted by Crippen LogP contribution is -2.26. The molecular formula is C18H20ClN5O2. The molecule has 0 saturated heterocycles. The van der Waals surface area contributed by atoms with Crippen LogP contribution in [0.2, 0.25) is 5.02 Å². The number of halogens is 1. The molecule has 1 amide bonds. The van der Waals surface area contributed by atoms with Crippen molar-refractivity contribution in [2.45, 2.75) is 26.7 Å². The van der Waals surface area contributed by atoms with E-state index in [9.17, 15) is 4.79 Å². The summed E-state index contributed by atoms with van der Waals surface area (Å²) in [5, 5.41) is 9.02. The van der Waals surface area contributed by atoms with Crippen molar-refractivity contribution < 1.29 is 9.53 Å². The minimum atomic E-state index is -0.161. The Kier molecular flexibility index (Phi) is 5.58. The van der Waals surface area contributed by atoms with Gasteiger partial charge in [0.2, 0.25) is 0 Å². The van der Waals surface area contributed by atoms with Crippen LogP contribution < -0.4 is 4.74 Å². The number of rotatable bonds is 7. The van der Waals surface area contributed by atoms with E-state index in [0.717, 1.165) is 12.1 Å². The van der Waals surface area contributed by atoms with E-state index in [1.807, 2.05) is 29.9 Å². The van der Waals surface area contributed by atoms with E-state index in [2.05, 4.69) is 10.2 Å². The summed E-state index contributed by atoms with van der Waals surface area (Å²) in [4.78, 5) is 14.1. The molecule has 2 heterocycles. The second kappa shape index (κ2) is 8.05. The highest BCUT2D eigenvalue weighted by molar-refractivity contribution is 6.32. The van der Waals surface area contributed by atoms with Gasteiger partial charge >= 0.3 is 0 Å². The molecule has 0 aliphatic carbocycles. The van der Waals surface area contributed by atoms with E-state index in [1.54, 1.807) is 47.2 Å². The number of aryl methyl sites for hydroxylation is 1. The number of amides is 1. The first-order chi connectivity index (χ1) is 12.6. The van der Waals surface area contributed by atoms with Gasteiger partial charge in [-0.25, -0.2) is 4.68 Å². The predicted octanol–water partition coefficient (Wildman–Crippen LogP) is 3.06. The van der Waals surface area contributed by atoms with E-state index in [1.165, 1.54) is 0 Å². The fraction of sp³-hybridized carbons (Fsp3) is 0.278. The van der Waals surface area contributed by atoms with Crippen LogP contribution in [0.5, 0.6) is 5.75 Å². The molecule has 0 aliphatic rings. The number of hydrogen-bond acceptors (Lipinski definition) is 4. The average Bonchev–Trinajstić information content (AvgIpc) is 3.29. The van der Waals surface area contributed by atoms with Crippen LogP contribution in [-0.2, 0) is 19.8 Å². The largest absolute Gasteiger partial charge is 0.470 e. The standard InChI is InChI=1S/C18H20ClN5O2/c1-3-23-12-14(10-20-23)11-22(2)18(25)16-8-9-24(21-16)13-26-17-7-5-4-6-15(17)19/h4-10,12H,3,11,13H2,1-2H3. The fourth-order valence-corrected chi connectivity index (χ4v) is 2.64. The molecule has 0 spiro atoms. The van der Waals surface area contributed by atoms with Crippen molar-refractivity contribution in [1.82, 2.24) is 24.5 Å². The number of aromatic nitrogens is 4. The maximum absolute atomic E-state index is 12.5. The van der Waals surface area contributed by atoms with Crippen LogP contribution in [0.3, 0.4) is 0 Å². The van der Waals surface area contributed by atoms with Crippen molar-refractivity contribution in [2.24, 2.45) is 0 Å². The van der Waals surface area contributed by atoms with Crippen molar-refractivity contribution in [1.29, 1.82) is 0 Å². The lowest BCUT2D eigenvalue weighted by molar-refractivity contribution is 0.0777. The van der Waals surface area contributed by atoms with Gasteiger partial charge in [-0.05, 0) is 25.1 Å². The molecule has 26 heavy (non-hydrogen) atoms. The third-order valence-electron chi connectivity index (χ3n) is 3.83. The Labute approximate surface area is 156 Å². The first-order valence-corrected chi connectivity index (χ1v) is 8.62. The number of carbonyl (C=O) groups excluding carboxylic acids is 1. The van der Waals surface area contributed by atoms with Crippen LogP contribution in [-0.4, -0.2) is 37.4 Å². The highest BCUT2D eigenvalue weighted by Crippen LogP contribution is 2.23. The Morgan fingerprint density at radius 1 is 1.27 bits per heavy atom. The summed E-state index contributed by atoms with van der Waals surface area (Å²) in [5.74, 6) is 0.410. The van der Waals surface area contributed by atoms with Crippen LogP contribution in [0.25, 0.3) is 0 Å². The lowest BCUT2D eigenvalue weighted by Gasteiger charge is -2.14. The number of hydrogen-bond donors (Lipinski definition) is 0. The Morgan fingerprint density at radius 2 is 2.08 bits per heavy atom. The van der Waals surface area contributed by atoms with Crippen LogP contribution in [0.1, 0.15) is 23.0 Å². The van der Waals surface area contributed by atoms with Gasteiger partial charge in [-0.15, -0.1) is 0 Å². The summed E-state index contributed by atoms with van der Waals surface area (Å²) in [5.41, 5.74) is 1.34. The van der Waals surface area contributed by atoms with Gasteiger partial charge in [0.15, 0.2) is 12.4 Å². The summed E-state index contributed by atoms with van der Waals surface area (Å²) in [6.07, 6.45) is 5.40. The first-order valence-electron chi connectivity index (χ1n) is 8.24. The quantitative estimate of drug-likeness (QED) is 0.638. The van der Waals surface area contributed by atoms with E-state index >= 15 is 0 Å². The number of carbonyl (C=O) groups is 1. The second-order valence-electron chi connectivity index (χ2n) is 5.81. The van der Waals surface area contributed by atoms with Crippen molar-refractivity contribution in [2.75, 3.05) is 7.05 Å². The molecule has 0 bridgehead atoms. The van der Waals surface area contributed by atoms with Crippen molar-refractivity contribution in [3.63, 3.8) is 0 Å². The molecule has 3 aromatic rings. The van der Waals surface area contributed by atoms with Gasteiger partial charge in [0, 0.05) is 38.1 Å². The zero-order chi connectivity index (χ0) is 18.5. The van der Waals surface area contributed by atoms with Gasteiger partial charge in [-0.3, -0.25) is 9.48 Å². The Hall–Kier alpha value is -2.80. The van der Waals surface area contributed by atoms with E-state index in [-0.39, 0.29) is 12.6 Å². The smallest absolute Gasteiger partial charge is 0.274 e. The normalized spacial score (nSPS) is 10.7. The molecule has 0 atom stereocenters. The SMILES string of the molecule is CCn1cc(CN(C)C(=O)c2ccn(COc3ccccc3Cl)n2)cn1. The molecule has 0 unspecified atom stereocenters. The first kappa shape index (κ1) is 18.0. The van der Waals surface area contributed by atoms with Crippen molar-refractivity contribution in [3.8, 4) is 5.75 Å². The predicted molar refractivity (Wildman–Crippen MR) is 98.0 cm³/mol. The summed E-state index contributed by atoms with van der Waals surface area (Å²) in [6, 6.07) is 8.88. The third kappa shape index (κ3) is 4.23. The molecule has 0 radical (unpaired) electrons. The van der Waals surface area contributed by atoms with Crippen LogP contribution in [0.15, 0.2) is 48.9 Å². The summed E-state index contributed by atoms with van der Waals surface area (Å²) in [6.45, 7) is 3.46. The third-order valence-corrected chi connectivity index (χ3v) is 4.14. The second-order valence-corrected chi connectivity index (χ2v) is 6.22. The highest BCUT2D eigenvalue weighted by atomic mass is 35.5. The molecule has 1 aromatic carbocycles. The Morgan fingerprint density at radius 3 is 2.81 bits per heavy atom. The van der Waals surface area contributed by atoms with Gasteiger partial charge < -0.3 is 9.64 Å².